The average molecular weight is 639 g/mol. The van der Waals surface area contributed by atoms with Crippen molar-refractivity contribution in [2.45, 2.75) is 50.1 Å². The van der Waals surface area contributed by atoms with Crippen LogP contribution in [0.15, 0.2) is 43.1 Å². The number of aromatic nitrogens is 3. The monoisotopic (exact) mass is 638 g/mol. The van der Waals surface area contributed by atoms with Crippen LogP contribution >= 0.6 is 0 Å². The fraction of sp³-hybridized carbons (Fsp3) is 0.389. The zero-order valence-electron chi connectivity index (χ0n) is 26.3. The topological polar surface area (TPSA) is 94.9 Å². The molecule has 5 heterocycles. The molecule has 0 unspecified atom stereocenters. The second-order valence-corrected chi connectivity index (χ2v) is 12.8. The molecule has 7 rings (SSSR count). The predicted octanol–water partition coefficient (Wildman–Crippen LogP) is 5.43. The van der Waals surface area contributed by atoms with Gasteiger partial charge in [-0.1, -0.05) is 18.6 Å². The number of anilines is 1. The number of fused-ring (bicyclic) bond motifs is 3. The number of pyridine rings is 1. The number of hydrogen-bond acceptors (Lipinski definition) is 8. The summed E-state index contributed by atoms with van der Waals surface area (Å²) in [6, 6.07) is 5.41. The Morgan fingerprint density at radius 2 is 2.00 bits per heavy atom. The van der Waals surface area contributed by atoms with Gasteiger partial charge < -0.3 is 19.6 Å². The van der Waals surface area contributed by atoms with Gasteiger partial charge in [0.2, 0.25) is 5.91 Å². The van der Waals surface area contributed by atoms with E-state index >= 15 is 4.39 Å². The standard InChI is InChI=1S/C36H36F2N6O3/c1-4-25-28(37)11-10-22-17-24(45)18-26(30(22)25)32-31(38)33-27(19-39-32)34(42(3)20-23-9-6-16-44(23)29(46)5-2)41-35(40-33)47-21-36-12-7-14-43(36)15-8-13-36/h1,5,10-11,17-19,23,45H,2,6-9,12-16,20-21H2,3H3/t23-/m0/s1. The van der Waals surface area contributed by atoms with Crippen molar-refractivity contribution in [3.05, 3.63) is 60.3 Å². The van der Waals surface area contributed by atoms with E-state index in [0.717, 1.165) is 51.6 Å². The number of phenolic OH excluding ortho intramolecular Hbond substituents is 1. The highest BCUT2D eigenvalue weighted by molar-refractivity contribution is 6.03. The Morgan fingerprint density at radius 1 is 1.21 bits per heavy atom. The molecule has 4 aromatic rings. The van der Waals surface area contributed by atoms with Crippen LogP contribution in [0.3, 0.4) is 0 Å². The van der Waals surface area contributed by atoms with E-state index in [9.17, 15) is 14.3 Å². The van der Waals surface area contributed by atoms with Crippen molar-refractivity contribution in [2.75, 3.05) is 44.7 Å². The minimum atomic E-state index is -0.783. The first-order valence-electron chi connectivity index (χ1n) is 16.0. The first-order chi connectivity index (χ1) is 22.7. The van der Waals surface area contributed by atoms with Crippen LogP contribution in [0.25, 0.3) is 32.9 Å². The van der Waals surface area contributed by atoms with Crippen molar-refractivity contribution < 1.29 is 23.4 Å². The van der Waals surface area contributed by atoms with Gasteiger partial charge in [-0.05, 0) is 81.3 Å². The summed E-state index contributed by atoms with van der Waals surface area (Å²) in [6.45, 7) is 7.16. The summed E-state index contributed by atoms with van der Waals surface area (Å²) in [4.78, 5) is 32.5. The summed E-state index contributed by atoms with van der Waals surface area (Å²) >= 11 is 0. The number of terminal acetylenes is 1. The van der Waals surface area contributed by atoms with Gasteiger partial charge in [-0.2, -0.15) is 9.97 Å². The van der Waals surface area contributed by atoms with E-state index < -0.39 is 11.6 Å². The van der Waals surface area contributed by atoms with Crippen LogP contribution in [0.1, 0.15) is 44.1 Å². The number of likely N-dealkylation sites (N-methyl/N-ethyl adjacent to an activating group) is 1. The quantitative estimate of drug-likeness (QED) is 0.202. The second-order valence-electron chi connectivity index (χ2n) is 12.8. The van der Waals surface area contributed by atoms with E-state index in [-0.39, 0.29) is 57.0 Å². The predicted molar refractivity (Wildman–Crippen MR) is 176 cm³/mol. The Balaban J connectivity index is 1.35. The van der Waals surface area contributed by atoms with Crippen LogP contribution in [0.2, 0.25) is 0 Å². The third kappa shape index (κ3) is 5.30. The lowest BCUT2D eigenvalue weighted by molar-refractivity contribution is -0.126. The molecular formula is C36H36F2N6O3. The van der Waals surface area contributed by atoms with Gasteiger partial charge in [0.15, 0.2) is 5.82 Å². The second kappa shape index (κ2) is 12.1. The largest absolute Gasteiger partial charge is 0.508 e. The van der Waals surface area contributed by atoms with E-state index in [4.69, 9.17) is 16.1 Å². The maximum Gasteiger partial charge on any atom is 0.319 e. The van der Waals surface area contributed by atoms with Gasteiger partial charge in [0.1, 0.15) is 35.2 Å². The van der Waals surface area contributed by atoms with Crippen molar-refractivity contribution in [2.24, 2.45) is 0 Å². The number of amides is 1. The summed E-state index contributed by atoms with van der Waals surface area (Å²) in [5.74, 6) is 1.07. The summed E-state index contributed by atoms with van der Waals surface area (Å²) in [7, 11) is 1.84. The number of nitrogens with zero attached hydrogens (tertiary/aromatic N) is 6. The number of phenols is 1. The van der Waals surface area contributed by atoms with Gasteiger partial charge in [0.25, 0.3) is 0 Å². The van der Waals surface area contributed by atoms with Gasteiger partial charge in [-0.3, -0.25) is 14.7 Å². The molecule has 3 fully saturated rings. The Kier molecular flexibility index (Phi) is 7.92. The van der Waals surface area contributed by atoms with E-state index in [1.807, 2.05) is 11.9 Å². The maximum atomic E-state index is 16.8. The molecular weight excluding hydrogens is 602 g/mol. The van der Waals surface area contributed by atoms with Crippen molar-refractivity contribution in [1.29, 1.82) is 0 Å². The van der Waals surface area contributed by atoms with Crippen LogP contribution in [-0.2, 0) is 4.79 Å². The fourth-order valence-corrected chi connectivity index (χ4v) is 7.81. The Bertz CT molecular complexity index is 1950. The molecule has 1 atom stereocenters. The van der Waals surface area contributed by atoms with Crippen LogP contribution in [0, 0.1) is 24.0 Å². The van der Waals surface area contributed by atoms with Crippen molar-refractivity contribution in [1.82, 2.24) is 24.8 Å². The van der Waals surface area contributed by atoms with Crippen molar-refractivity contribution >= 4 is 33.4 Å². The number of likely N-dealkylation sites (tertiary alicyclic amines) is 1. The molecule has 0 spiro atoms. The lowest BCUT2D eigenvalue weighted by atomic mass is 9.95. The maximum absolute atomic E-state index is 16.8. The van der Waals surface area contributed by atoms with E-state index in [1.54, 1.807) is 4.90 Å². The number of rotatable bonds is 8. The van der Waals surface area contributed by atoms with Gasteiger partial charge in [0.05, 0.1) is 16.5 Å². The lowest BCUT2D eigenvalue weighted by Gasteiger charge is -2.31. The molecule has 11 heteroatoms. The summed E-state index contributed by atoms with van der Waals surface area (Å²) in [5, 5.41) is 11.6. The molecule has 0 aliphatic carbocycles. The summed E-state index contributed by atoms with van der Waals surface area (Å²) in [6.07, 6.45) is 14.4. The van der Waals surface area contributed by atoms with Gasteiger partial charge in [0, 0.05) is 43.3 Å². The number of hydrogen-bond donors (Lipinski definition) is 1. The summed E-state index contributed by atoms with van der Waals surface area (Å²) < 4.78 is 38.0. The molecule has 0 saturated carbocycles. The van der Waals surface area contributed by atoms with Crippen LogP contribution < -0.4 is 9.64 Å². The Morgan fingerprint density at radius 3 is 2.74 bits per heavy atom. The zero-order chi connectivity index (χ0) is 32.9. The molecule has 242 valence electrons. The Hall–Kier alpha value is -4.82. The molecule has 2 aromatic carbocycles. The highest BCUT2D eigenvalue weighted by Crippen LogP contribution is 2.41. The highest BCUT2D eigenvalue weighted by atomic mass is 19.1. The number of carbonyl (C=O) groups excluding carboxylic acids is 1. The number of aromatic hydroxyl groups is 1. The third-order valence-corrected chi connectivity index (χ3v) is 10.1. The van der Waals surface area contributed by atoms with Crippen LogP contribution in [0.5, 0.6) is 11.8 Å². The van der Waals surface area contributed by atoms with Crippen LogP contribution in [0.4, 0.5) is 14.6 Å². The van der Waals surface area contributed by atoms with Gasteiger partial charge in [-0.25, -0.2) is 8.78 Å². The fourth-order valence-electron chi connectivity index (χ4n) is 7.81. The van der Waals surface area contributed by atoms with Crippen molar-refractivity contribution in [3.8, 4) is 35.4 Å². The van der Waals surface area contributed by atoms with E-state index in [2.05, 4.69) is 27.4 Å². The van der Waals surface area contributed by atoms with Crippen LogP contribution in [-0.4, -0.2) is 87.2 Å². The number of halogens is 2. The lowest BCUT2D eigenvalue weighted by Crippen LogP contribution is -2.43. The molecule has 2 aromatic heterocycles. The molecule has 47 heavy (non-hydrogen) atoms. The highest BCUT2D eigenvalue weighted by Gasteiger charge is 2.45. The molecule has 1 amide bonds. The molecule has 3 aliphatic rings. The molecule has 9 nitrogen and oxygen atoms in total. The average Bonchev–Trinajstić information content (AvgIpc) is 3.80. The molecule has 0 radical (unpaired) electrons. The van der Waals surface area contributed by atoms with E-state index in [1.165, 1.54) is 36.5 Å². The molecule has 1 N–H and O–H groups in total. The van der Waals surface area contributed by atoms with E-state index in [0.29, 0.717) is 36.3 Å². The van der Waals surface area contributed by atoms with Crippen molar-refractivity contribution in [3.63, 3.8) is 0 Å². The Labute approximate surface area is 271 Å². The molecule has 3 aliphatic heterocycles. The summed E-state index contributed by atoms with van der Waals surface area (Å²) in [5.41, 5.74) is -0.182. The number of carbonyl (C=O) groups is 1. The minimum Gasteiger partial charge on any atom is -0.508 e. The van der Waals surface area contributed by atoms with Gasteiger partial charge in [-0.15, -0.1) is 6.42 Å². The molecule has 3 saturated heterocycles. The number of ether oxygens (including phenoxy) is 1. The zero-order valence-corrected chi connectivity index (χ0v) is 26.3. The molecule has 0 bridgehead atoms. The SMILES string of the molecule is C#Cc1c(F)ccc2cc(O)cc(-c3ncc4c(N(C)C[C@@H]5CCCN5C(=O)C=C)nc(OCC56CCCN5CCC6)nc4c3F)c12. The van der Waals surface area contributed by atoms with Gasteiger partial charge >= 0.3 is 6.01 Å². The normalized spacial score (nSPS) is 18.9. The first kappa shape index (κ1) is 30.8. The number of benzene rings is 2. The smallest absolute Gasteiger partial charge is 0.319 e. The third-order valence-electron chi connectivity index (χ3n) is 10.1. The first-order valence-corrected chi connectivity index (χ1v) is 16.0. The minimum absolute atomic E-state index is 0.0325.